The van der Waals surface area contributed by atoms with Gasteiger partial charge in [-0.3, -0.25) is 0 Å². The lowest BCUT2D eigenvalue weighted by Crippen LogP contribution is -3.00. The number of carbonyl (C=O) groups is 1. The number of esters is 1. The van der Waals surface area contributed by atoms with Gasteiger partial charge in [-0.15, -0.1) is 0 Å². The molecule has 0 heterocycles. The predicted octanol–water partition coefficient (Wildman–Crippen LogP) is 5.37. The number of fused-ring (bicyclic) bond motifs is 2. The van der Waals surface area contributed by atoms with Crippen LogP contribution in [0.3, 0.4) is 0 Å². The van der Waals surface area contributed by atoms with Crippen LogP contribution < -0.4 is 10.5 Å². The van der Waals surface area contributed by atoms with Gasteiger partial charge >= 0.3 is 5.97 Å². The number of nitrogens with one attached hydrogen (secondary N) is 2. The highest BCUT2D eigenvalue weighted by atomic mass is 16.8. The van der Waals surface area contributed by atoms with Gasteiger partial charge in [0.2, 0.25) is 0 Å². The van der Waals surface area contributed by atoms with Crippen LogP contribution in [0.1, 0.15) is 89.4 Å². The fourth-order valence-electron chi connectivity index (χ4n) is 7.72. The predicted molar refractivity (Wildman–Crippen MR) is 153 cm³/mol. The summed E-state index contributed by atoms with van der Waals surface area (Å²) in [7, 11) is 0. The largest absolute Gasteiger partial charge is 0.595 e. The van der Waals surface area contributed by atoms with Gasteiger partial charge in [-0.2, -0.15) is 10.5 Å². The maximum absolute atomic E-state index is 12.5. The van der Waals surface area contributed by atoms with Crippen molar-refractivity contribution < 1.29 is 30.4 Å². The van der Waals surface area contributed by atoms with Crippen molar-refractivity contribution in [3.63, 3.8) is 0 Å². The second kappa shape index (κ2) is 12.7. The molecule has 8 nitrogen and oxygen atoms in total. The van der Waals surface area contributed by atoms with E-state index in [2.05, 4.69) is 39.5 Å². The number of benzene rings is 1. The first-order valence-electron chi connectivity index (χ1n) is 14.7. The van der Waals surface area contributed by atoms with Crippen molar-refractivity contribution in [3.8, 4) is 0 Å². The quantitative estimate of drug-likeness (QED) is 0.185. The number of hydrogen-bond donors (Lipinski definition) is 4. The minimum absolute atomic E-state index is 0.0769. The van der Waals surface area contributed by atoms with Gasteiger partial charge < -0.3 is 15.2 Å². The van der Waals surface area contributed by atoms with E-state index in [1.165, 1.54) is 44.1 Å². The second-order valence-corrected chi connectivity index (χ2v) is 12.9. The first-order chi connectivity index (χ1) is 18.9. The van der Waals surface area contributed by atoms with Gasteiger partial charge in [0, 0.05) is 12.1 Å². The molecule has 3 aliphatic rings. The topological polar surface area (TPSA) is 122 Å². The molecule has 0 aromatic heterocycles. The third-order valence-corrected chi connectivity index (χ3v) is 10.2. The first kappa shape index (κ1) is 30.6. The Labute approximate surface area is 238 Å². The molecule has 0 amide bonds. The molecule has 0 bridgehead atoms. The normalized spacial score (nSPS) is 30.9. The van der Waals surface area contributed by atoms with E-state index in [0.29, 0.717) is 35.0 Å². The third kappa shape index (κ3) is 6.75. The zero-order valence-corrected chi connectivity index (χ0v) is 24.4. The van der Waals surface area contributed by atoms with Crippen LogP contribution in [-0.4, -0.2) is 23.0 Å². The van der Waals surface area contributed by atoms with Gasteiger partial charge in [0.05, 0.1) is 11.6 Å². The Morgan fingerprint density at radius 1 is 1.20 bits per heavy atom. The van der Waals surface area contributed by atoms with Crippen LogP contribution in [0.2, 0.25) is 0 Å². The van der Waals surface area contributed by atoms with E-state index in [-0.39, 0.29) is 23.5 Å². The number of allylic oxidation sites excluding steroid dienone is 4. The molecule has 40 heavy (non-hydrogen) atoms. The van der Waals surface area contributed by atoms with E-state index in [0.717, 1.165) is 36.6 Å². The lowest BCUT2D eigenvalue weighted by atomic mass is 9.64. The van der Waals surface area contributed by atoms with Crippen molar-refractivity contribution in [2.24, 2.45) is 35.0 Å². The molecule has 4 N–H and O–H groups in total. The van der Waals surface area contributed by atoms with Crippen molar-refractivity contribution in [1.82, 2.24) is 0 Å². The molecule has 8 atom stereocenters. The lowest BCUT2D eigenvalue weighted by Gasteiger charge is -2.41. The summed E-state index contributed by atoms with van der Waals surface area (Å²) in [4.78, 5) is 12.5. The highest BCUT2D eigenvalue weighted by molar-refractivity contribution is 5.91. The molecule has 0 radical (unpaired) electrons. The Bertz CT molecular complexity index is 1130. The number of quaternary nitrogens is 2. The smallest absolute Gasteiger partial charge is 0.338 e. The van der Waals surface area contributed by atoms with E-state index >= 15 is 0 Å². The number of ether oxygens (including phenoxy) is 1. The fourth-order valence-corrected chi connectivity index (χ4v) is 7.72. The van der Waals surface area contributed by atoms with E-state index in [1.54, 1.807) is 5.57 Å². The maximum Gasteiger partial charge on any atom is 0.338 e. The summed E-state index contributed by atoms with van der Waals surface area (Å²) < 4.78 is 5.37. The minimum atomic E-state index is -1.30. The average Bonchev–Trinajstić information content (AvgIpc) is 3.43. The summed E-state index contributed by atoms with van der Waals surface area (Å²) in [6, 6.07) is 3.31. The molecule has 0 saturated heterocycles. The van der Waals surface area contributed by atoms with Crippen LogP contribution >= 0.6 is 0 Å². The zero-order valence-electron chi connectivity index (χ0n) is 24.4. The maximum atomic E-state index is 12.5. The Balaban J connectivity index is 1.32. The molecule has 0 aliphatic heterocycles. The molecular formula is C32H46N2O6. The van der Waals surface area contributed by atoms with E-state index in [1.807, 2.05) is 6.92 Å². The van der Waals surface area contributed by atoms with E-state index in [4.69, 9.17) is 4.74 Å². The summed E-state index contributed by atoms with van der Waals surface area (Å²) in [5.41, 5.74) is 3.72. The molecule has 4 rings (SSSR count). The molecular weight excluding hydrogens is 508 g/mol. The molecule has 3 aliphatic carbocycles. The van der Waals surface area contributed by atoms with Gasteiger partial charge in [-0.25, -0.2) is 15.2 Å². The van der Waals surface area contributed by atoms with Crippen LogP contribution in [0.5, 0.6) is 0 Å². The van der Waals surface area contributed by atoms with Crippen LogP contribution in [0, 0.1) is 45.4 Å². The van der Waals surface area contributed by atoms with Crippen molar-refractivity contribution in [1.29, 1.82) is 0 Å². The second-order valence-electron chi connectivity index (χ2n) is 12.9. The fraction of sp³-hybridized carbons (Fsp3) is 0.594. The van der Waals surface area contributed by atoms with Crippen LogP contribution in [0.15, 0.2) is 53.6 Å². The number of rotatable bonds is 9. The van der Waals surface area contributed by atoms with Gasteiger partial charge in [0.15, 0.2) is 11.4 Å². The van der Waals surface area contributed by atoms with Crippen LogP contribution in [-0.2, 0) is 4.74 Å². The number of carbonyl (C=O) groups excluding carboxylic acids is 1. The summed E-state index contributed by atoms with van der Waals surface area (Å²) in [6.45, 7) is 13.7. The summed E-state index contributed by atoms with van der Waals surface area (Å²) >= 11 is 0. The molecule has 8 heteroatoms. The Hall–Kier alpha value is -2.33. The highest BCUT2D eigenvalue weighted by Gasteiger charge is 2.49. The summed E-state index contributed by atoms with van der Waals surface area (Å²) in [5, 5.41) is 38.5. The summed E-state index contributed by atoms with van der Waals surface area (Å²) in [6.07, 6.45) is 14.1. The Morgan fingerprint density at radius 3 is 2.52 bits per heavy atom. The van der Waals surface area contributed by atoms with Crippen molar-refractivity contribution in [2.45, 2.75) is 79.1 Å². The minimum Gasteiger partial charge on any atom is -0.595 e. The average molecular weight is 555 g/mol. The van der Waals surface area contributed by atoms with E-state index < -0.39 is 16.4 Å². The monoisotopic (exact) mass is 554 g/mol. The zero-order chi connectivity index (χ0) is 29.2. The molecule has 1 aromatic rings. The molecule has 0 spiro atoms. The van der Waals surface area contributed by atoms with Crippen molar-refractivity contribution in [2.75, 3.05) is 6.61 Å². The molecule has 1 aromatic carbocycles. The standard InChI is InChI=1S/C32H46N2O6/c1-20(19-40-31(35)24-15-25(33(36)37)17-26(16-24)34(38)39)7-6-8-21(2)28-13-14-32(5)18-29-23(4)9-11-27(29)22(3)10-12-30(28)32/h7,10,15-17,21,27-30,33-34,36,38H,4,6,8-9,11-14,18-19H2,1-3,5H3/t21-,27-,28+,29+,30+,32-/m0/s1. The van der Waals surface area contributed by atoms with Gasteiger partial charge in [0.1, 0.15) is 6.61 Å². The van der Waals surface area contributed by atoms with E-state index in [9.17, 15) is 25.6 Å². The van der Waals surface area contributed by atoms with Crippen LogP contribution in [0.25, 0.3) is 0 Å². The molecule has 220 valence electrons. The Kier molecular flexibility index (Phi) is 9.70. The third-order valence-electron chi connectivity index (χ3n) is 10.2. The van der Waals surface area contributed by atoms with Crippen LogP contribution in [0.4, 0.5) is 11.4 Å². The number of hydrogen-bond acceptors (Lipinski definition) is 6. The Morgan fingerprint density at radius 2 is 1.88 bits per heavy atom. The van der Waals surface area contributed by atoms with Gasteiger partial charge in [-0.05, 0) is 106 Å². The molecule has 2 unspecified atom stereocenters. The first-order valence-corrected chi connectivity index (χ1v) is 14.7. The van der Waals surface area contributed by atoms with Crippen molar-refractivity contribution in [3.05, 3.63) is 69.6 Å². The highest BCUT2D eigenvalue weighted by Crippen LogP contribution is 2.59. The van der Waals surface area contributed by atoms with Gasteiger partial charge in [0.25, 0.3) is 0 Å². The molecule has 2 fully saturated rings. The van der Waals surface area contributed by atoms with Crippen molar-refractivity contribution >= 4 is 17.3 Å². The summed E-state index contributed by atoms with van der Waals surface area (Å²) in [5.74, 6) is 2.61. The SMILES string of the molecule is C=C1CC[C@H]2C(C)=CC[C@@H]3[C@@H]([C@@H](C)CCC=C(C)COC(=O)c4cc([NH+]([O-])O)cc([NH+]([O-])O)c4)CC[C@@]3(C)C[C@H]12. The lowest BCUT2D eigenvalue weighted by molar-refractivity contribution is -0.996. The molecule has 2 saturated carbocycles. The van der Waals surface area contributed by atoms with Gasteiger partial charge in [-0.1, -0.05) is 43.7 Å².